The molecule has 0 aliphatic carbocycles. The van der Waals surface area contributed by atoms with Crippen LogP contribution in [0.4, 0.5) is 17.1 Å². The quantitative estimate of drug-likeness (QED) is 0.505. The number of nitrogens with zero attached hydrogens (tertiary/aromatic N) is 2. The van der Waals surface area contributed by atoms with Crippen molar-refractivity contribution < 1.29 is 18.3 Å². The van der Waals surface area contributed by atoms with Gasteiger partial charge in [-0.2, -0.15) is 0 Å². The number of nitro groups is 2. The molecule has 0 aromatic heterocycles. The summed E-state index contributed by atoms with van der Waals surface area (Å²) in [5.74, 6) is 0. The molecule has 0 spiro atoms. The number of nitrogens with one attached hydrogen (secondary N) is 1. The smallest absolute Gasteiger partial charge is 0.300 e. The van der Waals surface area contributed by atoms with Crippen LogP contribution in [0.15, 0.2) is 17.0 Å². The molecular weight excluding hydrogens is 290 g/mol. The van der Waals surface area contributed by atoms with Crippen LogP contribution in [0.25, 0.3) is 0 Å². The van der Waals surface area contributed by atoms with Crippen LogP contribution in [0.5, 0.6) is 0 Å². The summed E-state index contributed by atoms with van der Waals surface area (Å²) in [5.41, 5.74) is -1.88. The zero-order valence-electron chi connectivity index (χ0n) is 8.78. The van der Waals surface area contributed by atoms with E-state index in [1.54, 1.807) is 0 Å². The first-order valence-corrected chi connectivity index (χ1v) is 6.58. The Morgan fingerprint density at radius 1 is 1.17 bits per heavy atom. The fourth-order valence-electron chi connectivity index (χ4n) is 1.27. The molecule has 0 heterocycles. The van der Waals surface area contributed by atoms with Crippen molar-refractivity contribution >= 4 is 36.8 Å². The Labute approximate surface area is 105 Å². The van der Waals surface area contributed by atoms with E-state index in [1.807, 2.05) is 0 Å². The number of hydrogen-bond acceptors (Lipinski definition) is 7. The van der Waals surface area contributed by atoms with E-state index in [2.05, 4.69) is 5.32 Å². The monoisotopic (exact) mass is 295 g/mol. The van der Waals surface area contributed by atoms with Gasteiger partial charge in [0.05, 0.1) is 14.7 Å². The van der Waals surface area contributed by atoms with Crippen LogP contribution >= 0.6 is 10.7 Å². The lowest BCUT2D eigenvalue weighted by molar-refractivity contribution is -0.392. The largest absolute Gasteiger partial charge is 0.377 e. The van der Waals surface area contributed by atoms with Crippen LogP contribution in [0.3, 0.4) is 0 Å². The SMILES string of the molecule is CNc1c([N+](=O)[O-])cc(S(=O)(=O)Cl)cc1[N+](=O)[O-]. The van der Waals surface area contributed by atoms with E-state index in [1.165, 1.54) is 7.05 Å². The minimum Gasteiger partial charge on any atom is -0.377 e. The van der Waals surface area contributed by atoms with Gasteiger partial charge in [0.1, 0.15) is 0 Å². The molecule has 1 rings (SSSR count). The normalized spacial score (nSPS) is 11.0. The van der Waals surface area contributed by atoms with Crippen molar-refractivity contribution in [1.82, 2.24) is 0 Å². The average Bonchev–Trinajstić information content (AvgIpc) is 2.25. The Hall–Kier alpha value is -1.94. The molecule has 0 atom stereocenters. The van der Waals surface area contributed by atoms with Gasteiger partial charge < -0.3 is 5.32 Å². The number of halogens is 1. The van der Waals surface area contributed by atoms with Gasteiger partial charge in [-0.25, -0.2) is 8.42 Å². The van der Waals surface area contributed by atoms with E-state index in [0.717, 1.165) is 0 Å². The predicted molar refractivity (Wildman–Crippen MR) is 62.3 cm³/mol. The topological polar surface area (TPSA) is 132 Å². The summed E-state index contributed by atoms with van der Waals surface area (Å²) in [7, 11) is 1.95. The predicted octanol–water partition coefficient (Wildman–Crippen LogP) is 1.47. The Morgan fingerprint density at radius 2 is 1.56 bits per heavy atom. The standard InChI is InChI=1S/C7H6ClN3O6S/c1-9-7-5(10(12)13)2-4(18(8,16)17)3-6(7)11(14)15/h2-3,9H,1H3. The summed E-state index contributed by atoms with van der Waals surface area (Å²) in [6.07, 6.45) is 0. The maximum absolute atomic E-state index is 11.1. The molecule has 18 heavy (non-hydrogen) atoms. The van der Waals surface area contributed by atoms with E-state index in [9.17, 15) is 28.6 Å². The molecule has 0 bridgehead atoms. The second-order valence-electron chi connectivity index (χ2n) is 3.04. The summed E-state index contributed by atoms with van der Waals surface area (Å²) in [4.78, 5) is 18.9. The van der Waals surface area contributed by atoms with Gasteiger partial charge in [0.2, 0.25) is 0 Å². The minimum atomic E-state index is -4.30. The fourth-order valence-corrected chi connectivity index (χ4v) is 2.04. The molecule has 0 unspecified atom stereocenters. The molecule has 0 amide bonds. The number of anilines is 1. The average molecular weight is 296 g/mol. The highest BCUT2D eigenvalue weighted by atomic mass is 35.7. The Balaban J connectivity index is 3.76. The third-order valence-corrected chi connectivity index (χ3v) is 3.33. The van der Waals surface area contributed by atoms with Crippen LogP contribution in [-0.4, -0.2) is 25.3 Å². The van der Waals surface area contributed by atoms with Crippen molar-refractivity contribution in [3.8, 4) is 0 Å². The Kier molecular flexibility index (Phi) is 3.72. The summed E-state index contributed by atoms with van der Waals surface area (Å²) < 4.78 is 22.2. The Bertz CT molecular complexity index is 593. The number of rotatable bonds is 4. The van der Waals surface area contributed by atoms with Crippen molar-refractivity contribution in [2.24, 2.45) is 0 Å². The van der Waals surface area contributed by atoms with Crippen LogP contribution in [0.1, 0.15) is 0 Å². The zero-order chi connectivity index (χ0) is 14.1. The summed E-state index contributed by atoms with van der Waals surface area (Å²) in [6.45, 7) is 0. The number of nitro benzene ring substituents is 2. The van der Waals surface area contributed by atoms with Crippen molar-refractivity contribution in [2.45, 2.75) is 4.90 Å². The molecule has 0 saturated heterocycles. The zero-order valence-corrected chi connectivity index (χ0v) is 10.4. The second-order valence-corrected chi connectivity index (χ2v) is 5.60. The summed E-state index contributed by atoms with van der Waals surface area (Å²) >= 11 is 0. The van der Waals surface area contributed by atoms with E-state index >= 15 is 0 Å². The van der Waals surface area contributed by atoms with E-state index in [-0.39, 0.29) is 0 Å². The van der Waals surface area contributed by atoms with Crippen molar-refractivity contribution in [3.63, 3.8) is 0 Å². The van der Waals surface area contributed by atoms with Crippen molar-refractivity contribution in [2.75, 3.05) is 12.4 Å². The van der Waals surface area contributed by atoms with Gasteiger partial charge in [-0.15, -0.1) is 0 Å². The first-order chi connectivity index (χ1) is 8.18. The van der Waals surface area contributed by atoms with E-state index < -0.39 is 40.9 Å². The highest BCUT2D eigenvalue weighted by molar-refractivity contribution is 8.13. The molecule has 98 valence electrons. The third kappa shape index (κ3) is 2.65. The summed E-state index contributed by atoms with van der Waals surface area (Å²) in [6, 6.07) is 1.31. The first kappa shape index (κ1) is 14.1. The molecule has 1 aromatic carbocycles. The highest BCUT2D eigenvalue weighted by Gasteiger charge is 2.29. The molecule has 9 nitrogen and oxygen atoms in total. The third-order valence-electron chi connectivity index (χ3n) is 2.00. The molecule has 0 aliphatic rings. The highest BCUT2D eigenvalue weighted by Crippen LogP contribution is 2.37. The molecule has 0 radical (unpaired) electrons. The van der Waals surface area contributed by atoms with Crippen LogP contribution in [0.2, 0.25) is 0 Å². The minimum absolute atomic E-state index is 0.394. The van der Waals surface area contributed by atoms with Crippen LogP contribution in [0, 0.1) is 20.2 Å². The second kappa shape index (κ2) is 4.74. The molecule has 0 aliphatic heterocycles. The number of hydrogen-bond donors (Lipinski definition) is 1. The van der Waals surface area contributed by atoms with E-state index in [0.29, 0.717) is 12.1 Å². The van der Waals surface area contributed by atoms with Crippen molar-refractivity contribution in [1.29, 1.82) is 0 Å². The van der Waals surface area contributed by atoms with Gasteiger partial charge in [0.25, 0.3) is 9.05 Å². The lowest BCUT2D eigenvalue weighted by Crippen LogP contribution is -2.04. The van der Waals surface area contributed by atoms with Gasteiger partial charge in [-0.1, -0.05) is 0 Å². The molecule has 1 N–H and O–H groups in total. The molecular formula is C7H6ClN3O6S. The lowest BCUT2D eigenvalue weighted by atomic mass is 10.2. The first-order valence-electron chi connectivity index (χ1n) is 4.27. The van der Waals surface area contributed by atoms with Crippen LogP contribution < -0.4 is 5.32 Å². The molecule has 0 saturated carbocycles. The molecule has 11 heteroatoms. The fraction of sp³-hybridized carbons (Fsp3) is 0.143. The lowest BCUT2D eigenvalue weighted by Gasteiger charge is -2.04. The maximum atomic E-state index is 11.1. The van der Waals surface area contributed by atoms with Gasteiger partial charge in [-0.3, -0.25) is 20.2 Å². The maximum Gasteiger partial charge on any atom is 0.300 e. The summed E-state index contributed by atoms with van der Waals surface area (Å²) in [5, 5.41) is 23.8. The van der Waals surface area contributed by atoms with Gasteiger partial charge in [-0.05, 0) is 0 Å². The van der Waals surface area contributed by atoms with Gasteiger partial charge in [0, 0.05) is 29.9 Å². The van der Waals surface area contributed by atoms with Crippen LogP contribution in [-0.2, 0) is 9.05 Å². The molecule has 1 aromatic rings. The van der Waals surface area contributed by atoms with Gasteiger partial charge >= 0.3 is 11.4 Å². The van der Waals surface area contributed by atoms with Gasteiger partial charge in [0.15, 0.2) is 5.69 Å². The van der Waals surface area contributed by atoms with E-state index in [4.69, 9.17) is 10.7 Å². The van der Waals surface area contributed by atoms with Crippen molar-refractivity contribution in [3.05, 3.63) is 32.4 Å². The number of benzene rings is 1. The molecule has 0 fully saturated rings. The Morgan fingerprint density at radius 3 is 1.78 bits per heavy atom.